The van der Waals surface area contributed by atoms with Crippen LogP contribution < -0.4 is 10.1 Å². The van der Waals surface area contributed by atoms with E-state index in [0.717, 1.165) is 41.0 Å². The van der Waals surface area contributed by atoms with E-state index in [1.807, 2.05) is 0 Å². The zero-order valence-corrected chi connectivity index (χ0v) is 22.3. The number of amides is 2. The summed E-state index contributed by atoms with van der Waals surface area (Å²) in [6, 6.07) is 4.18. The van der Waals surface area contributed by atoms with Gasteiger partial charge in [0.05, 0.1) is 27.8 Å². The molecular formula is C22H22N4O8S3. The summed E-state index contributed by atoms with van der Waals surface area (Å²) >= 11 is 2.22. The van der Waals surface area contributed by atoms with E-state index in [9.17, 15) is 32.9 Å². The second kappa shape index (κ2) is 10.5. The second-order valence-electron chi connectivity index (χ2n) is 8.35. The number of sulfone groups is 1. The van der Waals surface area contributed by atoms with E-state index in [-0.39, 0.29) is 21.1 Å². The van der Waals surface area contributed by atoms with E-state index in [2.05, 4.69) is 10.3 Å². The van der Waals surface area contributed by atoms with Crippen molar-refractivity contribution < 1.29 is 32.5 Å². The minimum atomic E-state index is -4.18. The molecule has 0 radical (unpaired) electrons. The Hall–Kier alpha value is -3.43. The van der Waals surface area contributed by atoms with Crippen molar-refractivity contribution in [2.45, 2.75) is 25.7 Å². The number of benzene rings is 1. The van der Waals surface area contributed by atoms with Crippen LogP contribution in [-0.2, 0) is 44.1 Å². The molecule has 0 saturated heterocycles. The summed E-state index contributed by atoms with van der Waals surface area (Å²) in [4.78, 5) is 52.7. The standard InChI is InChI=1S/C22H22N4O8S3/c1-25-14-8-7-12(26(30)31)9-16(14)36-22(25)24-18(28)11-37(32,33)10-17(27)23-20-19(21(29)34-2)13-5-3-4-6-15(13)35-20/h7-9H,3-6,10-11H2,1-2H3,(H,23,27). The van der Waals surface area contributed by atoms with E-state index in [4.69, 9.17) is 4.74 Å². The van der Waals surface area contributed by atoms with E-state index in [1.165, 1.54) is 41.2 Å². The first-order valence-corrected chi connectivity index (χ1v) is 14.5. The number of carbonyl (C=O) groups is 3. The molecular weight excluding hydrogens is 544 g/mol. The third kappa shape index (κ3) is 5.78. The summed E-state index contributed by atoms with van der Waals surface area (Å²) in [7, 11) is -1.35. The fourth-order valence-electron chi connectivity index (χ4n) is 4.06. The number of esters is 1. The second-order valence-corrected chi connectivity index (χ2v) is 12.5. The van der Waals surface area contributed by atoms with Gasteiger partial charge >= 0.3 is 5.97 Å². The number of thiophene rings is 1. The number of methoxy groups -OCH3 is 1. The van der Waals surface area contributed by atoms with Crippen LogP contribution in [0.25, 0.3) is 10.2 Å². The van der Waals surface area contributed by atoms with Gasteiger partial charge in [-0.25, -0.2) is 13.2 Å². The largest absolute Gasteiger partial charge is 0.465 e. The van der Waals surface area contributed by atoms with Gasteiger partial charge < -0.3 is 14.6 Å². The van der Waals surface area contributed by atoms with Crippen LogP contribution in [-0.4, -0.2) is 54.3 Å². The number of nitro benzene ring substituents is 1. The molecule has 1 aliphatic rings. The number of anilines is 1. The first-order chi connectivity index (χ1) is 17.5. The lowest BCUT2D eigenvalue weighted by Crippen LogP contribution is -2.28. The number of aromatic nitrogens is 1. The molecule has 2 heterocycles. The van der Waals surface area contributed by atoms with E-state index >= 15 is 0 Å². The van der Waals surface area contributed by atoms with Crippen LogP contribution in [0.15, 0.2) is 23.2 Å². The highest BCUT2D eigenvalue weighted by Gasteiger charge is 2.28. The molecule has 12 nitrogen and oxygen atoms in total. The lowest BCUT2D eigenvalue weighted by atomic mass is 9.95. The molecule has 0 atom stereocenters. The monoisotopic (exact) mass is 566 g/mol. The lowest BCUT2D eigenvalue weighted by molar-refractivity contribution is -0.384. The molecule has 0 fully saturated rings. The molecule has 3 aromatic rings. The van der Waals surface area contributed by atoms with Crippen LogP contribution in [0, 0.1) is 10.1 Å². The Morgan fingerprint density at radius 2 is 1.92 bits per heavy atom. The highest BCUT2D eigenvalue weighted by molar-refractivity contribution is 7.92. The van der Waals surface area contributed by atoms with Crippen LogP contribution >= 0.6 is 22.7 Å². The van der Waals surface area contributed by atoms with Gasteiger partial charge in [-0.15, -0.1) is 11.3 Å². The Morgan fingerprint density at radius 3 is 2.62 bits per heavy atom. The molecule has 0 aliphatic heterocycles. The molecule has 2 aromatic heterocycles. The van der Waals surface area contributed by atoms with Crippen molar-refractivity contribution in [3.05, 3.63) is 49.1 Å². The van der Waals surface area contributed by atoms with Crippen molar-refractivity contribution in [1.29, 1.82) is 0 Å². The minimum Gasteiger partial charge on any atom is -0.465 e. The van der Waals surface area contributed by atoms with Gasteiger partial charge in [0.2, 0.25) is 5.91 Å². The summed E-state index contributed by atoms with van der Waals surface area (Å²) in [5.41, 5.74) is 1.53. The van der Waals surface area contributed by atoms with Gasteiger partial charge in [-0.2, -0.15) is 4.99 Å². The molecule has 1 aliphatic carbocycles. The Bertz CT molecular complexity index is 1610. The van der Waals surface area contributed by atoms with Crippen molar-refractivity contribution in [2.75, 3.05) is 23.9 Å². The predicted molar refractivity (Wildman–Crippen MR) is 138 cm³/mol. The number of hydrogen-bond donors (Lipinski definition) is 1. The highest BCUT2D eigenvalue weighted by atomic mass is 32.2. The van der Waals surface area contributed by atoms with E-state index in [0.29, 0.717) is 16.6 Å². The predicted octanol–water partition coefficient (Wildman–Crippen LogP) is 2.36. The zero-order chi connectivity index (χ0) is 26.9. The summed E-state index contributed by atoms with van der Waals surface area (Å²) in [6.45, 7) is 0. The number of aryl methyl sites for hydroxylation is 2. The van der Waals surface area contributed by atoms with Crippen molar-refractivity contribution in [1.82, 2.24) is 4.57 Å². The fraction of sp³-hybridized carbons (Fsp3) is 0.364. The molecule has 1 N–H and O–H groups in total. The van der Waals surface area contributed by atoms with Crippen LogP contribution in [0.2, 0.25) is 0 Å². The maximum atomic E-state index is 12.6. The molecule has 0 spiro atoms. The molecule has 196 valence electrons. The molecule has 0 unspecified atom stereocenters. The average molecular weight is 567 g/mol. The first-order valence-electron chi connectivity index (χ1n) is 11.0. The first kappa shape index (κ1) is 26.6. The topological polar surface area (TPSA) is 167 Å². The number of non-ortho nitro benzene ring substituents is 1. The van der Waals surface area contributed by atoms with Gasteiger partial charge in [0.15, 0.2) is 14.6 Å². The van der Waals surface area contributed by atoms with Gasteiger partial charge in [-0.1, -0.05) is 11.3 Å². The van der Waals surface area contributed by atoms with Crippen LogP contribution in [0.4, 0.5) is 10.7 Å². The van der Waals surface area contributed by atoms with Crippen LogP contribution in [0.3, 0.4) is 0 Å². The molecule has 2 amide bonds. The maximum absolute atomic E-state index is 12.6. The number of rotatable bonds is 7. The maximum Gasteiger partial charge on any atom is 0.341 e. The van der Waals surface area contributed by atoms with Gasteiger partial charge in [-0.3, -0.25) is 19.7 Å². The van der Waals surface area contributed by atoms with Gasteiger partial charge in [0.25, 0.3) is 11.6 Å². The zero-order valence-electron chi connectivity index (χ0n) is 19.8. The van der Waals surface area contributed by atoms with E-state index in [1.54, 1.807) is 7.05 Å². The van der Waals surface area contributed by atoms with Gasteiger partial charge in [0.1, 0.15) is 16.5 Å². The normalized spacial score (nSPS) is 13.8. The van der Waals surface area contributed by atoms with Gasteiger partial charge in [0, 0.05) is 24.1 Å². The SMILES string of the molecule is COC(=O)c1c(NC(=O)CS(=O)(=O)CC(=O)N=c2sc3cc([N+](=O)[O-])ccc3n2C)sc2c1CCCC2. The van der Waals surface area contributed by atoms with Crippen molar-refractivity contribution in [3.63, 3.8) is 0 Å². The summed E-state index contributed by atoms with van der Waals surface area (Å²) in [5.74, 6) is -4.43. The van der Waals surface area contributed by atoms with Crippen LogP contribution in [0.1, 0.15) is 33.6 Å². The summed E-state index contributed by atoms with van der Waals surface area (Å²) in [5, 5.41) is 13.7. The highest BCUT2D eigenvalue weighted by Crippen LogP contribution is 2.38. The molecule has 15 heteroatoms. The molecule has 0 saturated carbocycles. The lowest BCUT2D eigenvalue weighted by Gasteiger charge is -2.11. The van der Waals surface area contributed by atoms with E-state index < -0.39 is 44.0 Å². The van der Waals surface area contributed by atoms with Crippen molar-refractivity contribution in [3.8, 4) is 0 Å². The number of ether oxygens (including phenoxy) is 1. The summed E-state index contributed by atoms with van der Waals surface area (Å²) < 4.78 is 32.0. The number of fused-ring (bicyclic) bond motifs is 2. The number of hydrogen-bond acceptors (Lipinski definition) is 10. The quantitative estimate of drug-likeness (QED) is 0.258. The van der Waals surface area contributed by atoms with Crippen molar-refractivity contribution in [2.24, 2.45) is 12.0 Å². The number of nitrogens with one attached hydrogen (secondary N) is 1. The van der Waals surface area contributed by atoms with Gasteiger partial charge in [-0.05, 0) is 37.3 Å². The molecule has 1 aromatic carbocycles. The number of thiazole rings is 1. The minimum absolute atomic E-state index is 0.122. The Labute approximate surface area is 218 Å². The van der Waals surface area contributed by atoms with Crippen LogP contribution in [0.5, 0.6) is 0 Å². The van der Waals surface area contributed by atoms with Crippen molar-refractivity contribution >= 4 is 71.2 Å². The molecule has 37 heavy (non-hydrogen) atoms. The Kier molecular flexibility index (Phi) is 7.57. The third-order valence-corrected chi connectivity index (χ3v) is 9.42. The molecule has 4 rings (SSSR count). The Morgan fingerprint density at radius 1 is 1.19 bits per heavy atom. The third-order valence-electron chi connectivity index (χ3n) is 5.73. The number of carbonyl (C=O) groups excluding carboxylic acids is 3. The summed E-state index contributed by atoms with van der Waals surface area (Å²) in [6.07, 6.45) is 3.28. The Balaban J connectivity index is 1.49. The molecule has 0 bridgehead atoms. The smallest absolute Gasteiger partial charge is 0.341 e. The number of nitrogens with zero attached hydrogens (tertiary/aromatic N) is 3. The average Bonchev–Trinajstić information content (AvgIpc) is 3.33. The number of nitro groups is 1. The fourth-order valence-corrected chi connectivity index (χ4v) is 7.43.